The zero-order chi connectivity index (χ0) is 12.4. The first-order valence-corrected chi connectivity index (χ1v) is 5.64. The fraction of sp³-hybridized carbons (Fsp3) is 0.444. The smallest absolute Gasteiger partial charge is 0.311 e. The fourth-order valence-electron chi connectivity index (χ4n) is 1.60. The standard InChI is InChI=1S/C9H9BrN4O3/c1-17-8(16)5-2-7(15)14(4-5)9-11-3-6(10)12-13-9/h3,5H,2,4H2,1H3. The van der Waals surface area contributed by atoms with Gasteiger partial charge in [-0.2, -0.15) is 0 Å². The summed E-state index contributed by atoms with van der Waals surface area (Å²) >= 11 is 3.10. The Bertz CT molecular complexity index is 450. The van der Waals surface area contributed by atoms with Gasteiger partial charge in [-0.1, -0.05) is 0 Å². The molecule has 2 heterocycles. The minimum Gasteiger partial charge on any atom is -0.469 e. The number of ether oxygens (including phenoxy) is 1. The number of anilines is 1. The van der Waals surface area contributed by atoms with Crippen LogP contribution in [0, 0.1) is 5.92 Å². The Hall–Kier alpha value is -1.57. The number of hydrogen-bond acceptors (Lipinski definition) is 6. The Labute approximate surface area is 105 Å². The summed E-state index contributed by atoms with van der Waals surface area (Å²) in [6, 6.07) is 0. The molecule has 1 saturated heterocycles. The van der Waals surface area contributed by atoms with Gasteiger partial charge in [-0.25, -0.2) is 4.98 Å². The lowest BCUT2D eigenvalue weighted by Gasteiger charge is -2.12. The van der Waals surface area contributed by atoms with Crippen LogP contribution in [0.25, 0.3) is 0 Å². The number of nitrogens with zero attached hydrogens (tertiary/aromatic N) is 4. The third-order valence-corrected chi connectivity index (χ3v) is 2.79. The normalized spacial score (nSPS) is 19.5. The highest BCUT2D eigenvalue weighted by Crippen LogP contribution is 2.22. The maximum atomic E-state index is 11.7. The lowest BCUT2D eigenvalue weighted by Crippen LogP contribution is -2.28. The molecule has 1 aromatic rings. The first kappa shape index (κ1) is 11.9. The van der Waals surface area contributed by atoms with E-state index in [1.165, 1.54) is 18.2 Å². The van der Waals surface area contributed by atoms with Crippen molar-refractivity contribution >= 4 is 33.8 Å². The van der Waals surface area contributed by atoms with Gasteiger partial charge in [0.2, 0.25) is 5.91 Å². The van der Waals surface area contributed by atoms with E-state index in [1.54, 1.807) is 0 Å². The number of amides is 1. The van der Waals surface area contributed by atoms with Crippen LogP contribution in [0.1, 0.15) is 6.42 Å². The highest BCUT2D eigenvalue weighted by atomic mass is 79.9. The van der Waals surface area contributed by atoms with Crippen LogP contribution in [0.15, 0.2) is 10.8 Å². The van der Waals surface area contributed by atoms with Crippen LogP contribution in [0.4, 0.5) is 5.95 Å². The van der Waals surface area contributed by atoms with E-state index in [2.05, 4.69) is 35.8 Å². The van der Waals surface area contributed by atoms with Crippen molar-refractivity contribution < 1.29 is 14.3 Å². The second kappa shape index (κ2) is 4.74. The van der Waals surface area contributed by atoms with Gasteiger partial charge in [0.1, 0.15) is 4.60 Å². The SMILES string of the molecule is COC(=O)C1CC(=O)N(c2ncc(Br)nn2)C1. The van der Waals surface area contributed by atoms with Crippen molar-refractivity contribution in [1.82, 2.24) is 15.2 Å². The predicted molar refractivity (Wildman–Crippen MR) is 60.0 cm³/mol. The van der Waals surface area contributed by atoms with Crippen LogP contribution in [0.2, 0.25) is 0 Å². The molecule has 1 aliphatic rings. The predicted octanol–water partition coefficient (Wildman–Crippen LogP) is 0.160. The molecule has 0 aliphatic carbocycles. The van der Waals surface area contributed by atoms with Crippen molar-refractivity contribution in [3.8, 4) is 0 Å². The van der Waals surface area contributed by atoms with E-state index in [0.29, 0.717) is 4.60 Å². The highest BCUT2D eigenvalue weighted by Gasteiger charge is 2.37. The number of rotatable bonds is 2. The average molecular weight is 301 g/mol. The molecule has 8 heteroatoms. The quantitative estimate of drug-likeness (QED) is 0.723. The van der Waals surface area contributed by atoms with E-state index in [0.717, 1.165) is 0 Å². The summed E-state index contributed by atoms with van der Waals surface area (Å²) in [6.07, 6.45) is 1.56. The second-order valence-electron chi connectivity index (χ2n) is 3.51. The van der Waals surface area contributed by atoms with Crippen LogP contribution >= 0.6 is 15.9 Å². The first-order valence-electron chi connectivity index (χ1n) is 4.85. The highest BCUT2D eigenvalue weighted by molar-refractivity contribution is 9.10. The van der Waals surface area contributed by atoms with Gasteiger partial charge in [0.25, 0.3) is 5.95 Å². The van der Waals surface area contributed by atoms with Crippen molar-refractivity contribution in [1.29, 1.82) is 0 Å². The number of methoxy groups -OCH3 is 1. The van der Waals surface area contributed by atoms with Gasteiger partial charge in [-0.3, -0.25) is 14.5 Å². The Morgan fingerprint density at radius 3 is 2.94 bits per heavy atom. The molecule has 1 aliphatic heterocycles. The van der Waals surface area contributed by atoms with Crippen molar-refractivity contribution in [2.75, 3.05) is 18.6 Å². The molecule has 2 rings (SSSR count). The number of carbonyl (C=O) groups excluding carboxylic acids is 2. The topological polar surface area (TPSA) is 85.3 Å². The molecule has 1 fully saturated rings. The molecule has 17 heavy (non-hydrogen) atoms. The monoisotopic (exact) mass is 300 g/mol. The Morgan fingerprint density at radius 1 is 1.59 bits per heavy atom. The van der Waals surface area contributed by atoms with E-state index < -0.39 is 11.9 Å². The molecule has 90 valence electrons. The summed E-state index contributed by atoms with van der Waals surface area (Å²) in [5.74, 6) is -0.861. The maximum absolute atomic E-state index is 11.7. The third kappa shape index (κ3) is 2.41. The third-order valence-electron chi connectivity index (χ3n) is 2.42. The van der Waals surface area contributed by atoms with Crippen LogP contribution in [-0.2, 0) is 14.3 Å². The van der Waals surface area contributed by atoms with Crippen molar-refractivity contribution in [3.63, 3.8) is 0 Å². The van der Waals surface area contributed by atoms with Crippen LogP contribution in [0.5, 0.6) is 0 Å². The zero-order valence-corrected chi connectivity index (χ0v) is 10.5. The summed E-state index contributed by atoms with van der Waals surface area (Å²) in [4.78, 5) is 28.3. The molecule has 0 aromatic carbocycles. The second-order valence-corrected chi connectivity index (χ2v) is 4.32. The molecular formula is C9H9BrN4O3. The zero-order valence-electron chi connectivity index (χ0n) is 8.96. The van der Waals surface area contributed by atoms with Crippen LogP contribution in [0.3, 0.4) is 0 Å². The summed E-state index contributed by atoms with van der Waals surface area (Å²) in [6.45, 7) is 0.231. The Kier molecular flexibility index (Phi) is 3.32. The Balaban J connectivity index is 2.15. The lowest BCUT2D eigenvalue weighted by molar-refractivity contribution is -0.145. The van der Waals surface area contributed by atoms with Gasteiger partial charge in [0, 0.05) is 13.0 Å². The summed E-state index contributed by atoms with van der Waals surface area (Å²) in [5, 5.41) is 7.52. The molecule has 1 aromatic heterocycles. The molecule has 0 N–H and O–H groups in total. The van der Waals surface area contributed by atoms with Crippen LogP contribution < -0.4 is 4.90 Å². The minimum absolute atomic E-state index is 0.117. The van der Waals surface area contributed by atoms with Gasteiger partial charge >= 0.3 is 5.97 Å². The number of carbonyl (C=O) groups is 2. The van der Waals surface area contributed by atoms with Crippen LogP contribution in [-0.4, -0.2) is 40.7 Å². The number of hydrogen-bond donors (Lipinski definition) is 0. The molecule has 7 nitrogen and oxygen atoms in total. The molecule has 1 amide bonds. The van der Waals surface area contributed by atoms with E-state index >= 15 is 0 Å². The first-order chi connectivity index (χ1) is 8.11. The van der Waals surface area contributed by atoms with E-state index in [-0.39, 0.29) is 24.8 Å². The van der Waals surface area contributed by atoms with Crippen molar-refractivity contribution in [2.24, 2.45) is 5.92 Å². The molecule has 0 bridgehead atoms. The van der Waals surface area contributed by atoms with Gasteiger partial charge in [0.05, 0.1) is 19.2 Å². The average Bonchev–Trinajstić information content (AvgIpc) is 2.71. The molecule has 1 atom stereocenters. The van der Waals surface area contributed by atoms with E-state index in [4.69, 9.17) is 0 Å². The number of halogens is 1. The maximum Gasteiger partial charge on any atom is 0.311 e. The van der Waals surface area contributed by atoms with Gasteiger partial charge in [-0.05, 0) is 15.9 Å². The van der Waals surface area contributed by atoms with Gasteiger partial charge in [0.15, 0.2) is 0 Å². The van der Waals surface area contributed by atoms with Gasteiger partial charge < -0.3 is 4.74 Å². The molecular weight excluding hydrogens is 292 g/mol. The number of aromatic nitrogens is 3. The van der Waals surface area contributed by atoms with Gasteiger partial charge in [-0.15, -0.1) is 10.2 Å². The number of esters is 1. The van der Waals surface area contributed by atoms with E-state index in [9.17, 15) is 9.59 Å². The summed E-state index contributed by atoms with van der Waals surface area (Å²) < 4.78 is 5.09. The summed E-state index contributed by atoms with van der Waals surface area (Å²) in [7, 11) is 1.30. The molecule has 0 radical (unpaired) electrons. The minimum atomic E-state index is -0.459. The molecule has 0 spiro atoms. The summed E-state index contributed by atoms with van der Waals surface area (Å²) in [5.41, 5.74) is 0. The molecule has 0 saturated carbocycles. The largest absolute Gasteiger partial charge is 0.469 e. The van der Waals surface area contributed by atoms with E-state index in [1.807, 2.05) is 0 Å². The lowest BCUT2D eigenvalue weighted by atomic mass is 10.1. The Morgan fingerprint density at radius 2 is 2.35 bits per heavy atom. The van der Waals surface area contributed by atoms with Crippen molar-refractivity contribution in [3.05, 3.63) is 10.8 Å². The fourth-order valence-corrected chi connectivity index (χ4v) is 1.79. The van der Waals surface area contributed by atoms with Crippen molar-refractivity contribution in [2.45, 2.75) is 6.42 Å². The molecule has 1 unspecified atom stereocenters.